The zero-order chi connectivity index (χ0) is 10.1. The van der Waals surface area contributed by atoms with Crippen LogP contribution < -0.4 is 0 Å². The van der Waals surface area contributed by atoms with Crippen molar-refractivity contribution in [1.29, 1.82) is 0 Å². The Kier molecular flexibility index (Phi) is 3.85. The van der Waals surface area contributed by atoms with Crippen LogP contribution >= 0.6 is 67.9 Å². The van der Waals surface area contributed by atoms with Crippen molar-refractivity contribution in [3.63, 3.8) is 0 Å². The van der Waals surface area contributed by atoms with E-state index in [-0.39, 0.29) is 0 Å². The molecule has 0 radical (unpaired) electrons. The molecule has 0 saturated heterocycles. The molecule has 0 aliphatic carbocycles. The molecule has 1 N–H and O–H groups in total. The van der Waals surface area contributed by atoms with Crippen molar-refractivity contribution >= 4 is 67.9 Å². The summed E-state index contributed by atoms with van der Waals surface area (Å²) in [6.45, 7) is 0. The van der Waals surface area contributed by atoms with Crippen LogP contribution in [0.5, 0.6) is 0 Å². The lowest BCUT2D eigenvalue weighted by Gasteiger charge is -2.08. The topological polar surface area (TPSA) is 20.2 Å². The van der Waals surface area contributed by atoms with Crippen molar-refractivity contribution in [2.24, 2.45) is 0 Å². The summed E-state index contributed by atoms with van der Waals surface area (Å²) < 4.78 is 2.33. The number of halogens is 2. The lowest BCUT2D eigenvalue weighted by atomic mass is 10.1. The van der Waals surface area contributed by atoms with E-state index >= 15 is 0 Å². The third-order valence-electron chi connectivity index (χ3n) is 1.88. The summed E-state index contributed by atoms with van der Waals surface area (Å²) in [6, 6.07) is 3.98. The van der Waals surface area contributed by atoms with Crippen molar-refractivity contribution in [3.05, 3.63) is 39.8 Å². The first-order valence-corrected chi connectivity index (χ1v) is 7.75. The van der Waals surface area contributed by atoms with Gasteiger partial charge in [-0.1, -0.05) is 0 Å². The molecule has 74 valence electrons. The van der Waals surface area contributed by atoms with Gasteiger partial charge in [0.05, 0.1) is 5.77 Å². The molecule has 2 aromatic rings. The predicted octanol–water partition coefficient (Wildman–Crippen LogP) is 4.10. The second kappa shape index (κ2) is 4.77. The maximum atomic E-state index is 10.1. The van der Waals surface area contributed by atoms with Crippen molar-refractivity contribution in [1.82, 2.24) is 0 Å². The summed E-state index contributed by atoms with van der Waals surface area (Å²) in [4.78, 5) is 0. The number of aliphatic hydroxyl groups excluding tert-OH is 1. The smallest absolute Gasteiger partial charge is 0.108 e. The first-order chi connectivity index (χ1) is 6.70. The number of rotatable bonds is 2. The fourth-order valence-electron chi connectivity index (χ4n) is 1.17. The molecule has 5 heteroatoms. The molecule has 1 nitrogen and oxygen atoms in total. The van der Waals surface area contributed by atoms with E-state index in [1.54, 1.807) is 22.7 Å². The summed E-state index contributed by atoms with van der Waals surface area (Å²) in [6.07, 6.45) is -0.466. The first-order valence-electron chi connectivity index (χ1n) is 3.84. The molecule has 2 aromatic heterocycles. The molecular weight excluding hydrogens is 442 g/mol. The Morgan fingerprint density at radius 2 is 1.43 bits per heavy atom. The fraction of sp³-hybridized carbons (Fsp3) is 0.111. The molecule has 0 spiro atoms. The van der Waals surface area contributed by atoms with Crippen molar-refractivity contribution in [2.75, 3.05) is 0 Å². The van der Waals surface area contributed by atoms with E-state index in [0.717, 1.165) is 16.9 Å². The molecule has 2 rings (SSSR count). The molecule has 0 fully saturated rings. The van der Waals surface area contributed by atoms with Crippen LogP contribution in [0.15, 0.2) is 22.9 Å². The zero-order valence-corrected chi connectivity index (χ0v) is 12.9. The van der Waals surface area contributed by atoms with Crippen LogP contribution in [0.3, 0.4) is 0 Å². The molecule has 0 saturated carbocycles. The molecule has 0 atom stereocenters. The van der Waals surface area contributed by atoms with Gasteiger partial charge in [0.15, 0.2) is 0 Å². The summed E-state index contributed by atoms with van der Waals surface area (Å²) in [5.74, 6) is 0. The maximum Gasteiger partial charge on any atom is 0.108 e. The molecule has 0 aliphatic rings. The average Bonchev–Trinajstić information content (AvgIpc) is 2.73. The fourth-order valence-corrected chi connectivity index (χ4v) is 4.30. The van der Waals surface area contributed by atoms with Gasteiger partial charge in [-0.05, 0) is 68.1 Å². The zero-order valence-electron chi connectivity index (χ0n) is 6.91. The Morgan fingerprint density at radius 3 is 1.71 bits per heavy atom. The second-order valence-corrected chi connectivity index (χ2v) is 8.16. The Balaban J connectivity index is 2.38. The average molecular weight is 448 g/mol. The lowest BCUT2D eigenvalue weighted by molar-refractivity contribution is 0.220. The minimum atomic E-state index is -0.466. The van der Waals surface area contributed by atoms with E-state index in [0.29, 0.717) is 0 Å². The Bertz CT molecular complexity index is 395. The highest BCUT2D eigenvalue weighted by Crippen LogP contribution is 2.33. The summed E-state index contributed by atoms with van der Waals surface area (Å²) in [7, 11) is 0. The lowest BCUT2D eigenvalue weighted by Crippen LogP contribution is -1.99. The van der Waals surface area contributed by atoms with E-state index < -0.39 is 6.10 Å². The van der Waals surface area contributed by atoms with Crippen LogP contribution in [-0.2, 0) is 0 Å². The van der Waals surface area contributed by atoms with Crippen LogP contribution in [0.1, 0.15) is 17.2 Å². The molecule has 0 amide bonds. The third kappa shape index (κ3) is 2.16. The molecular formula is C9H6I2OS2. The molecule has 0 unspecified atom stereocenters. The van der Waals surface area contributed by atoms with Gasteiger partial charge in [-0.25, -0.2) is 0 Å². The third-order valence-corrected chi connectivity index (χ3v) is 6.08. The number of thiophene rings is 2. The van der Waals surface area contributed by atoms with Crippen LogP contribution in [0.4, 0.5) is 0 Å². The van der Waals surface area contributed by atoms with Gasteiger partial charge in [-0.3, -0.25) is 0 Å². The Morgan fingerprint density at radius 1 is 1.00 bits per heavy atom. The van der Waals surface area contributed by atoms with Crippen LogP contribution in [0.25, 0.3) is 0 Å². The highest BCUT2D eigenvalue weighted by Gasteiger charge is 2.17. The Labute approximate surface area is 117 Å². The van der Waals surface area contributed by atoms with E-state index in [2.05, 4.69) is 45.2 Å². The monoisotopic (exact) mass is 448 g/mol. The summed E-state index contributed by atoms with van der Waals surface area (Å²) in [5, 5.41) is 14.2. The summed E-state index contributed by atoms with van der Waals surface area (Å²) >= 11 is 7.86. The quantitative estimate of drug-likeness (QED) is 0.687. The predicted molar refractivity (Wildman–Crippen MR) is 78.1 cm³/mol. The van der Waals surface area contributed by atoms with Crippen molar-refractivity contribution in [3.8, 4) is 0 Å². The number of aliphatic hydroxyl groups is 1. The molecule has 2 heterocycles. The molecule has 0 aromatic carbocycles. The number of hydrogen-bond donors (Lipinski definition) is 1. The normalized spacial score (nSPS) is 11.1. The van der Waals surface area contributed by atoms with Gasteiger partial charge >= 0.3 is 0 Å². The van der Waals surface area contributed by atoms with Crippen molar-refractivity contribution in [2.45, 2.75) is 6.10 Å². The second-order valence-electron chi connectivity index (χ2n) is 2.70. The van der Waals surface area contributed by atoms with Crippen LogP contribution in [0.2, 0.25) is 0 Å². The van der Waals surface area contributed by atoms with Gasteiger partial charge in [0.2, 0.25) is 0 Å². The van der Waals surface area contributed by atoms with Crippen LogP contribution in [0, 0.1) is 5.77 Å². The Hall–Kier alpha value is 0.820. The molecule has 0 bridgehead atoms. The minimum absolute atomic E-state index is 0.466. The van der Waals surface area contributed by atoms with Crippen molar-refractivity contribution < 1.29 is 5.11 Å². The van der Waals surface area contributed by atoms with E-state index in [4.69, 9.17) is 0 Å². The van der Waals surface area contributed by atoms with Gasteiger partial charge in [0.1, 0.15) is 6.10 Å². The van der Waals surface area contributed by atoms with E-state index in [1.807, 2.05) is 22.9 Å². The van der Waals surface area contributed by atoms with E-state index in [1.165, 1.54) is 0 Å². The SMILES string of the molecule is OC(c1ccsc1I)c1ccsc1I. The highest BCUT2D eigenvalue weighted by molar-refractivity contribution is 14.1. The van der Waals surface area contributed by atoms with Gasteiger partial charge in [-0.15, -0.1) is 22.7 Å². The van der Waals surface area contributed by atoms with Crippen LogP contribution in [-0.4, -0.2) is 5.11 Å². The standard InChI is InChI=1S/C9H6I2OS2/c10-8-5(1-3-13-8)7(12)6-2-4-14-9(6)11/h1-4,7,12H. The minimum Gasteiger partial charge on any atom is -0.384 e. The van der Waals surface area contributed by atoms with Gasteiger partial charge in [0, 0.05) is 11.1 Å². The van der Waals surface area contributed by atoms with E-state index in [9.17, 15) is 5.11 Å². The van der Waals surface area contributed by atoms with Gasteiger partial charge < -0.3 is 5.11 Å². The largest absolute Gasteiger partial charge is 0.384 e. The highest BCUT2D eigenvalue weighted by atomic mass is 127. The molecule has 0 aliphatic heterocycles. The molecule has 14 heavy (non-hydrogen) atoms. The maximum absolute atomic E-state index is 10.1. The summed E-state index contributed by atoms with van der Waals surface area (Å²) in [5.41, 5.74) is 2.04. The van der Waals surface area contributed by atoms with Gasteiger partial charge in [-0.2, -0.15) is 0 Å². The van der Waals surface area contributed by atoms with Gasteiger partial charge in [0.25, 0.3) is 0 Å². The number of hydrogen-bond acceptors (Lipinski definition) is 3. The first kappa shape index (κ1) is 11.3.